The number of nitrogens with zero attached hydrogens (tertiary/aromatic N) is 1. The summed E-state index contributed by atoms with van der Waals surface area (Å²) in [5.74, 6) is 1.02. The molecule has 1 aromatic rings. The normalized spacial score (nSPS) is 12.1. The minimum absolute atomic E-state index is 0.181. The van der Waals surface area contributed by atoms with Crippen LogP contribution < -0.4 is 9.47 Å². The molecule has 1 unspecified atom stereocenters. The van der Waals surface area contributed by atoms with Crippen LogP contribution in [0.25, 0.3) is 6.08 Å². The van der Waals surface area contributed by atoms with Crippen molar-refractivity contribution in [2.24, 2.45) is 0 Å². The molecule has 1 heterocycles. The van der Waals surface area contributed by atoms with Crippen LogP contribution in [0.1, 0.15) is 64.0 Å². The molecule has 0 bridgehead atoms. The van der Waals surface area contributed by atoms with Crippen molar-refractivity contribution >= 4 is 12.0 Å². The van der Waals surface area contributed by atoms with Crippen molar-refractivity contribution in [3.63, 3.8) is 0 Å². The minimum atomic E-state index is -0.459. The van der Waals surface area contributed by atoms with Gasteiger partial charge >= 0.3 is 5.97 Å². The molecule has 0 fully saturated rings. The molecule has 6 heteroatoms. The van der Waals surface area contributed by atoms with E-state index in [1.807, 2.05) is 6.07 Å². The molecule has 0 saturated heterocycles. The van der Waals surface area contributed by atoms with Crippen LogP contribution in [0.5, 0.6) is 11.5 Å². The van der Waals surface area contributed by atoms with Crippen molar-refractivity contribution < 1.29 is 24.1 Å². The molecule has 0 aliphatic carbocycles. The van der Waals surface area contributed by atoms with E-state index in [9.17, 15) is 9.90 Å². The number of pyridine rings is 1. The lowest BCUT2D eigenvalue weighted by Crippen LogP contribution is -2.03. The molecule has 0 aromatic carbocycles. The van der Waals surface area contributed by atoms with Gasteiger partial charge in [0.15, 0.2) is 11.5 Å². The minimum Gasteiger partial charge on any atom is -0.491 e. The molecule has 0 spiro atoms. The smallest absolute Gasteiger partial charge is 0.305 e. The maximum atomic E-state index is 11.1. The highest BCUT2D eigenvalue weighted by molar-refractivity contribution is 5.68. The zero-order valence-electron chi connectivity index (χ0n) is 16.8. The van der Waals surface area contributed by atoms with E-state index >= 15 is 0 Å². The lowest BCUT2D eigenvalue weighted by Gasteiger charge is -2.11. The van der Waals surface area contributed by atoms with E-state index in [1.54, 1.807) is 25.5 Å². The molecule has 0 radical (unpaired) electrons. The summed E-state index contributed by atoms with van der Waals surface area (Å²) >= 11 is 0. The van der Waals surface area contributed by atoms with E-state index in [-0.39, 0.29) is 5.97 Å². The number of aliphatic hydroxyl groups excluding tert-OH is 1. The first-order valence-corrected chi connectivity index (χ1v) is 9.70. The molecule has 1 atom stereocenters. The number of ether oxygens (including phenoxy) is 3. The van der Waals surface area contributed by atoms with E-state index in [4.69, 9.17) is 9.47 Å². The lowest BCUT2D eigenvalue weighted by molar-refractivity contribution is -0.140. The molecule has 1 rings (SSSR count). The van der Waals surface area contributed by atoms with Crippen LogP contribution in [0.4, 0.5) is 0 Å². The molecular formula is C21H33NO5. The van der Waals surface area contributed by atoms with Gasteiger partial charge in [0, 0.05) is 12.5 Å². The molecule has 1 N–H and O–H groups in total. The topological polar surface area (TPSA) is 77.9 Å². The Morgan fingerprint density at radius 2 is 2.00 bits per heavy atom. The van der Waals surface area contributed by atoms with Crippen LogP contribution in [0.3, 0.4) is 0 Å². The van der Waals surface area contributed by atoms with Crippen molar-refractivity contribution in [3.8, 4) is 11.5 Å². The average Bonchev–Trinajstić information content (AvgIpc) is 2.69. The highest BCUT2D eigenvalue weighted by Gasteiger charge is 2.07. The van der Waals surface area contributed by atoms with Gasteiger partial charge in [-0.15, -0.1) is 0 Å². The number of methoxy groups -OCH3 is 2. The first-order valence-electron chi connectivity index (χ1n) is 9.70. The monoisotopic (exact) mass is 379 g/mol. The van der Waals surface area contributed by atoms with Crippen LogP contribution in [0.2, 0.25) is 0 Å². The number of unbranched alkanes of at least 4 members (excludes halogenated alkanes) is 4. The van der Waals surface area contributed by atoms with Gasteiger partial charge < -0.3 is 19.3 Å². The molecule has 0 amide bonds. The van der Waals surface area contributed by atoms with Gasteiger partial charge in [-0.05, 0) is 31.8 Å². The Morgan fingerprint density at radius 3 is 2.70 bits per heavy atom. The highest BCUT2D eigenvalue weighted by atomic mass is 16.5. The van der Waals surface area contributed by atoms with Crippen LogP contribution in [0, 0.1) is 0 Å². The Kier molecular flexibility index (Phi) is 11.9. The highest BCUT2D eigenvalue weighted by Crippen LogP contribution is 2.27. The third-order valence-electron chi connectivity index (χ3n) is 4.18. The van der Waals surface area contributed by atoms with Crippen molar-refractivity contribution in [1.82, 2.24) is 4.98 Å². The summed E-state index contributed by atoms with van der Waals surface area (Å²) in [5.41, 5.74) is 0.714. The third-order valence-corrected chi connectivity index (χ3v) is 4.18. The Balaban J connectivity index is 2.48. The molecule has 1 aromatic heterocycles. The summed E-state index contributed by atoms with van der Waals surface area (Å²) in [5, 5.41) is 9.98. The standard InChI is InChI=1S/C21H33NO5/c1-4-5-7-10-18(23)13-12-17-15-19(20(25-2)16-22-17)27-14-9-6-8-11-21(24)26-3/h12-13,15-16,18,23H,4-11,14H2,1-3H3/b13-12+. The molecule has 152 valence electrons. The van der Waals surface area contributed by atoms with Crippen molar-refractivity contribution in [2.45, 2.75) is 64.4 Å². The SMILES string of the molecule is CCCCCC(O)/C=C/c1cc(OCCCCCC(=O)OC)c(OC)cn1. The van der Waals surface area contributed by atoms with E-state index < -0.39 is 6.10 Å². The molecular weight excluding hydrogens is 346 g/mol. The first kappa shape index (κ1) is 23.0. The van der Waals surface area contributed by atoms with E-state index in [1.165, 1.54) is 7.11 Å². The van der Waals surface area contributed by atoms with Crippen molar-refractivity contribution in [2.75, 3.05) is 20.8 Å². The average molecular weight is 379 g/mol. The maximum absolute atomic E-state index is 11.1. The second-order valence-corrected chi connectivity index (χ2v) is 6.42. The number of rotatable bonds is 14. The van der Waals surface area contributed by atoms with Gasteiger partial charge in [0.25, 0.3) is 0 Å². The summed E-state index contributed by atoms with van der Waals surface area (Å²) in [6, 6.07) is 1.81. The summed E-state index contributed by atoms with van der Waals surface area (Å²) in [6.45, 7) is 2.68. The van der Waals surface area contributed by atoms with Crippen LogP contribution in [0.15, 0.2) is 18.3 Å². The fourth-order valence-electron chi connectivity index (χ4n) is 2.54. The number of aromatic nitrogens is 1. The Bertz CT molecular complexity index is 574. The van der Waals surface area contributed by atoms with Gasteiger partial charge in [0.2, 0.25) is 0 Å². The van der Waals surface area contributed by atoms with Gasteiger partial charge in [-0.3, -0.25) is 9.78 Å². The summed E-state index contributed by atoms with van der Waals surface area (Å²) in [7, 11) is 2.98. The van der Waals surface area contributed by atoms with Crippen LogP contribution >= 0.6 is 0 Å². The molecule has 0 aliphatic heterocycles. The Morgan fingerprint density at radius 1 is 1.19 bits per heavy atom. The second-order valence-electron chi connectivity index (χ2n) is 6.42. The predicted molar refractivity (Wildman–Crippen MR) is 106 cm³/mol. The largest absolute Gasteiger partial charge is 0.491 e. The zero-order chi connectivity index (χ0) is 19.9. The van der Waals surface area contributed by atoms with Crippen molar-refractivity contribution in [3.05, 3.63) is 24.0 Å². The van der Waals surface area contributed by atoms with Gasteiger partial charge in [0.1, 0.15) is 0 Å². The van der Waals surface area contributed by atoms with Gasteiger partial charge in [-0.2, -0.15) is 0 Å². The Labute approximate surface area is 162 Å². The van der Waals surface area contributed by atoms with Gasteiger partial charge in [-0.25, -0.2) is 0 Å². The maximum Gasteiger partial charge on any atom is 0.305 e. The Hall–Kier alpha value is -2.08. The number of aliphatic hydroxyl groups is 1. The summed E-state index contributed by atoms with van der Waals surface area (Å²) < 4.78 is 15.7. The number of carbonyl (C=O) groups is 1. The first-order chi connectivity index (χ1) is 13.1. The number of esters is 1. The second kappa shape index (κ2) is 14.0. The molecule has 6 nitrogen and oxygen atoms in total. The number of carbonyl (C=O) groups excluding carboxylic acids is 1. The van der Waals surface area contributed by atoms with Crippen molar-refractivity contribution in [1.29, 1.82) is 0 Å². The quantitative estimate of drug-likeness (QED) is 0.386. The molecule has 0 saturated carbocycles. The summed E-state index contributed by atoms with van der Waals surface area (Å²) in [4.78, 5) is 15.4. The zero-order valence-corrected chi connectivity index (χ0v) is 16.8. The van der Waals surface area contributed by atoms with E-state index in [2.05, 4.69) is 16.6 Å². The van der Waals surface area contributed by atoms with Crippen LogP contribution in [-0.2, 0) is 9.53 Å². The summed E-state index contributed by atoms with van der Waals surface area (Å²) in [6.07, 6.45) is 11.7. The fourth-order valence-corrected chi connectivity index (χ4v) is 2.54. The number of hydrogen-bond acceptors (Lipinski definition) is 6. The predicted octanol–water partition coefficient (Wildman–Crippen LogP) is 4.16. The van der Waals surface area contributed by atoms with E-state index in [0.717, 1.165) is 44.9 Å². The van der Waals surface area contributed by atoms with Crippen LogP contribution in [-0.4, -0.2) is 43.0 Å². The van der Waals surface area contributed by atoms with E-state index in [0.29, 0.717) is 30.2 Å². The fraction of sp³-hybridized carbons (Fsp3) is 0.619. The van der Waals surface area contributed by atoms with Gasteiger partial charge in [0.05, 0.1) is 38.8 Å². The lowest BCUT2D eigenvalue weighted by atomic mass is 10.1. The molecule has 27 heavy (non-hydrogen) atoms. The number of hydrogen-bond donors (Lipinski definition) is 1. The van der Waals surface area contributed by atoms with Gasteiger partial charge in [-0.1, -0.05) is 32.3 Å². The third kappa shape index (κ3) is 9.99. The molecule has 0 aliphatic rings.